The van der Waals surface area contributed by atoms with Gasteiger partial charge in [0.1, 0.15) is 0 Å². The van der Waals surface area contributed by atoms with Crippen molar-refractivity contribution in [2.24, 2.45) is 0 Å². The first kappa shape index (κ1) is 19.3. The minimum absolute atomic E-state index is 0.0940. The van der Waals surface area contributed by atoms with Crippen LogP contribution in [-0.2, 0) is 10.8 Å². The third-order valence-corrected chi connectivity index (χ3v) is 6.75. The Morgan fingerprint density at radius 2 is 1.38 bits per heavy atom. The van der Waals surface area contributed by atoms with Crippen molar-refractivity contribution in [3.63, 3.8) is 0 Å². The molecule has 2 rings (SSSR count). The maximum atomic E-state index is 9.96. The van der Waals surface area contributed by atoms with Crippen LogP contribution in [0.1, 0.15) is 65.5 Å². The molecule has 4 heteroatoms. The summed E-state index contributed by atoms with van der Waals surface area (Å²) < 4.78 is 0. The second-order valence-corrected chi connectivity index (χ2v) is 9.88. The predicted molar refractivity (Wildman–Crippen MR) is 105 cm³/mol. The molecule has 0 heterocycles. The first-order chi connectivity index (χ1) is 10.9. The molecule has 0 aliphatic rings. The average Bonchev–Trinajstić information content (AvgIpc) is 2.52. The molecule has 0 amide bonds. The van der Waals surface area contributed by atoms with E-state index in [4.69, 9.17) is 0 Å². The summed E-state index contributed by atoms with van der Waals surface area (Å²) in [6.45, 7) is 12.8. The number of rotatable bonds is 5. The van der Waals surface area contributed by atoms with Gasteiger partial charge in [-0.25, -0.2) is 0 Å². The Morgan fingerprint density at radius 1 is 0.792 bits per heavy atom. The van der Waals surface area contributed by atoms with Gasteiger partial charge in [0.25, 0.3) is 0 Å². The van der Waals surface area contributed by atoms with Gasteiger partial charge in [0.05, 0.1) is 0 Å². The fourth-order valence-electron chi connectivity index (χ4n) is 2.95. The summed E-state index contributed by atoms with van der Waals surface area (Å²) in [5.74, 6) is 0. The zero-order valence-electron chi connectivity index (χ0n) is 15.6. The Morgan fingerprint density at radius 3 is 1.88 bits per heavy atom. The second kappa shape index (κ2) is 6.38. The van der Waals surface area contributed by atoms with Gasteiger partial charge < -0.3 is 0 Å². The summed E-state index contributed by atoms with van der Waals surface area (Å²) in [5, 5.41) is 2.29. The van der Waals surface area contributed by atoms with Crippen LogP contribution in [0.15, 0.2) is 30.3 Å². The van der Waals surface area contributed by atoms with Crippen LogP contribution in [0.3, 0.4) is 0 Å². The summed E-state index contributed by atoms with van der Waals surface area (Å²) in [4.78, 5) is 29.9. The Bertz CT molecular complexity index is 742. The molecule has 0 aliphatic carbocycles. The van der Waals surface area contributed by atoms with Crippen molar-refractivity contribution in [3.05, 3.63) is 41.5 Å². The minimum atomic E-state index is -4.38. The summed E-state index contributed by atoms with van der Waals surface area (Å²) in [6.07, 6.45) is 1.89. The average molecular weight is 350 g/mol. The van der Waals surface area contributed by atoms with Crippen molar-refractivity contribution in [2.75, 3.05) is 0 Å². The molecule has 0 saturated carbocycles. The van der Waals surface area contributed by atoms with Crippen LogP contribution in [-0.4, -0.2) is 14.7 Å². The first-order valence-corrected chi connectivity index (χ1v) is 10.5. The summed E-state index contributed by atoms with van der Waals surface area (Å²) >= 11 is 0. The molecule has 0 unspecified atom stereocenters. The summed E-state index contributed by atoms with van der Waals surface area (Å²) in [7, 11) is -4.38. The van der Waals surface area contributed by atoms with E-state index in [0.29, 0.717) is 5.30 Å². The summed E-state index contributed by atoms with van der Waals surface area (Å²) in [6, 6.07) is 10.1. The van der Waals surface area contributed by atoms with E-state index >= 15 is 0 Å². The molecule has 24 heavy (non-hydrogen) atoms. The molecule has 134 valence electrons. The molecule has 2 aromatic rings. The Balaban J connectivity index is 2.77. The molecule has 0 aliphatic heterocycles. The van der Waals surface area contributed by atoms with Crippen molar-refractivity contribution in [1.82, 2.24) is 0 Å². The van der Waals surface area contributed by atoms with Crippen LogP contribution in [0.25, 0.3) is 10.8 Å². The van der Waals surface area contributed by atoms with Gasteiger partial charge >= 0.3 is 145 Å². The van der Waals surface area contributed by atoms with E-state index in [1.54, 1.807) is 6.07 Å². The van der Waals surface area contributed by atoms with Crippen molar-refractivity contribution in [1.29, 1.82) is 0 Å². The number of hydrogen-bond acceptors (Lipinski definition) is 3. The molecule has 3 N–H and O–H groups in total. The van der Waals surface area contributed by atoms with Gasteiger partial charge in [0.2, 0.25) is 0 Å². The third kappa shape index (κ3) is 3.65. The fraction of sp³-hybridized carbons (Fsp3) is 0.500. The maximum absolute atomic E-state index is 9.96. The standard InChI is InChI=1S/C20H31O3P/c1-7-19(3,4)16-10-9-14-13-18(24(21,22)23)17(12-15(14)11-16)20(5,6)8-2/h9-13,21-24H,7-8H2,1-6H3. The van der Waals surface area contributed by atoms with Crippen LogP contribution in [0.5, 0.6) is 0 Å². The van der Waals surface area contributed by atoms with Gasteiger partial charge in [-0.05, 0) is 0 Å². The zero-order valence-corrected chi connectivity index (χ0v) is 16.6. The van der Waals surface area contributed by atoms with Gasteiger partial charge in [0.15, 0.2) is 0 Å². The molecule has 0 aromatic heterocycles. The quantitative estimate of drug-likeness (QED) is 0.704. The SMILES string of the molecule is CCC(C)(C)c1ccc2cc([PH](O)(O)O)c(C(C)(C)CC)cc2c1. The van der Waals surface area contributed by atoms with E-state index in [1.807, 2.05) is 12.1 Å². The molecule has 2 aromatic carbocycles. The molecule has 0 fully saturated rings. The monoisotopic (exact) mass is 350 g/mol. The van der Waals surface area contributed by atoms with Gasteiger partial charge in [-0.3, -0.25) is 0 Å². The van der Waals surface area contributed by atoms with Gasteiger partial charge in [-0.1, -0.05) is 0 Å². The molecule has 0 spiro atoms. The molecule has 0 saturated heterocycles. The van der Waals surface area contributed by atoms with Crippen LogP contribution in [0.4, 0.5) is 0 Å². The number of fused-ring (bicyclic) bond motifs is 1. The molecular weight excluding hydrogens is 319 g/mol. The summed E-state index contributed by atoms with van der Waals surface area (Å²) in [5.41, 5.74) is 1.94. The molecular formula is C20H31O3P. The Labute approximate surface area is 145 Å². The number of hydrogen-bond donors (Lipinski definition) is 3. The fourth-order valence-corrected chi connectivity index (χ4v) is 4.07. The Kier molecular flexibility index (Phi) is 5.14. The van der Waals surface area contributed by atoms with Crippen molar-refractivity contribution < 1.29 is 14.7 Å². The van der Waals surface area contributed by atoms with Crippen molar-refractivity contribution in [2.45, 2.75) is 65.2 Å². The Hall–Kier alpha value is -0.990. The topological polar surface area (TPSA) is 60.7 Å². The van der Waals surface area contributed by atoms with Crippen molar-refractivity contribution >= 4 is 24.0 Å². The van der Waals surface area contributed by atoms with E-state index in [9.17, 15) is 14.7 Å². The number of benzene rings is 2. The predicted octanol–water partition coefficient (Wildman–Crippen LogP) is 4.31. The van der Waals surface area contributed by atoms with Crippen LogP contribution >= 0.6 is 7.94 Å². The van der Waals surface area contributed by atoms with E-state index in [1.165, 1.54) is 5.56 Å². The van der Waals surface area contributed by atoms with Crippen molar-refractivity contribution in [3.8, 4) is 0 Å². The van der Waals surface area contributed by atoms with E-state index in [2.05, 4.69) is 53.7 Å². The van der Waals surface area contributed by atoms with Gasteiger partial charge in [0, 0.05) is 0 Å². The van der Waals surface area contributed by atoms with Crippen LogP contribution in [0, 0.1) is 0 Å². The molecule has 3 nitrogen and oxygen atoms in total. The van der Waals surface area contributed by atoms with Crippen LogP contribution < -0.4 is 5.30 Å². The van der Waals surface area contributed by atoms with E-state index in [0.717, 1.165) is 29.2 Å². The molecule has 0 atom stereocenters. The van der Waals surface area contributed by atoms with Gasteiger partial charge in [-0.2, -0.15) is 0 Å². The van der Waals surface area contributed by atoms with Crippen LogP contribution in [0.2, 0.25) is 0 Å². The van der Waals surface area contributed by atoms with Gasteiger partial charge in [-0.15, -0.1) is 0 Å². The molecule has 0 bridgehead atoms. The van der Waals surface area contributed by atoms with E-state index < -0.39 is 7.94 Å². The molecule has 0 radical (unpaired) electrons. The first-order valence-electron chi connectivity index (χ1n) is 8.68. The second-order valence-electron chi connectivity index (χ2n) is 8.07. The third-order valence-electron chi connectivity index (χ3n) is 5.62. The zero-order chi connectivity index (χ0) is 18.3. The van der Waals surface area contributed by atoms with E-state index in [-0.39, 0.29) is 10.8 Å². The normalized spacial score (nSPS) is 14.2.